The van der Waals surface area contributed by atoms with Gasteiger partial charge in [0.2, 0.25) is 0 Å². The third kappa shape index (κ3) is 3.62. The summed E-state index contributed by atoms with van der Waals surface area (Å²) in [7, 11) is 1.62. The van der Waals surface area contributed by atoms with Gasteiger partial charge in [0.15, 0.2) is 5.65 Å². The number of nitrogens with one attached hydrogen (secondary N) is 1. The van der Waals surface area contributed by atoms with Crippen molar-refractivity contribution < 1.29 is 9.53 Å². The number of carbonyl (C=O) groups excluding carboxylic acids is 1. The number of halogens is 1. The number of aryl methyl sites for hydroxylation is 3. The van der Waals surface area contributed by atoms with Gasteiger partial charge in [-0.15, -0.1) is 0 Å². The Morgan fingerprint density at radius 3 is 2.37 bits per heavy atom. The number of methoxy groups -OCH3 is 1. The summed E-state index contributed by atoms with van der Waals surface area (Å²) >= 11 is 6.64. The van der Waals surface area contributed by atoms with Gasteiger partial charge in [0.05, 0.1) is 34.5 Å². The second-order valence-electron chi connectivity index (χ2n) is 7.21. The number of anilines is 1. The molecule has 0 saturated heterocycles. The van der Waals surface area contributed by atoms with Crippen molar-refractivity contribution in [2.75, 3.05) is 12.4 Å². The monoisotopic (exact) mass is 420 g/mol. The van der Waals surface area contributed by atoms with Gasteiger partial charge in [-0.2, -0.15) is 5.10 Å². The maximum absolute atomic E-state index is 12.9. The molecular formula is C23H21ClN4O2. The normalized spacial score (nSPS) is 11.0. The van der Waals surface area contributed by atoms with Crippen molar-refractivity contribution in [1.82, 2.24) is 14.8 Å². The highest BCUT2D eigenvalue weighted by Crippen LogP contribution is 2.31. The van der Waals surface area contributed by atoms with Gasteiger partial charge in [0.25, 0.3) is 5.91 Å². The second kappa shape index (κ2) is 7.80. The van der Waals surface area contributed by atoms with E-state index in [1.807, 2.05) is 63.2 Å². The lowest BCUT2D eigenvalue weighted by Crippen LogP contribution is -2.13. The van der Waals surface area contributed by atoms with Crippen molar-refractivity contribution in [1.29, 1.82) is 0 Å². The number of nitrogens with zero attached hydrogens (tertiary/aromatic N) is 3. The number of ether oxygens (including phenoxy) is 1. The molecule has 6 nitrogen and oxygen atoms in total. The van der Waals surface area contributed by atoms with Crippen LogP contribution in [0.25, 0.3) is 16.7 Å². The zero-order valence-electron chi connectivity index (χ0n) is 17.2. The first-order valence-corrected chi connectivity index (χ1v) is 9.83. The first kappa shape index (κ1) is 19.9. The second-order valence-corrected chi connectivity index (χ2v) is 7.59. The summed E-state index contributed by atoms with van der Waals surface area (Å²) in [4.78, 5) is 17.4. The minimum Gasteiger partial charge on any atom is -0.497 e. The van der Waals surface area contributed by atoms with Crippen molar-refractivity contribution in [3.05, 3.63) is 76.1 Å². The minimum absolute atomic E-state index is 0.306. The average molecular weight is 421 g/mol. The van der Waals surface area contributed by atoms with E-state index in [4.69, 9.17) is 16.3 Å². The predicted octanol–water partition coefficient (Wildman–Crippen LogP) is 5.26. The lowest BCUT2D eigenvalue weighted by Gasteiger charge is -2.09. The lowest BCUT2D eigenvalue weighted by molar-refractivity contribution is 0.102. The molecule has 0 unspecified atom stereocenters. The van der Waals surface area contributed by atoms with E-state index in [-0.39, 0.29) is 5.91 Å². The number of aromatic nitrogens is 3. The van der Waals surface area contributed by atoms with Gasteiger partial charge in [-0.25, -0.2) is 9.67 Å². The summed E-state index contributed by atoms with van der Waals surface area (Å²) in [6, 6.07) is 13.4. The zero-order valence-corrected chi connectivity index (χ0v) is 17.9. The molecule has 2 aromatic carbocycles. The van der Waals surface area contributed by atoms with E-state index in [0.717, 1.165) is 28.3 Å². The van der Waals surface area contributed by atoms with Crippen molar-refractivity contribution in [3.63, 3.8) is 0 Å². The van der Waals surface area contributed by atoms with Gasteiger partial charge in [0, 0.05) is 11.9 Å². The van der Waals surface area contributed by atoms with Crippen LogP contribution in [0.3, 0.4) is 0 Å². The Balaban J connectivity index is 1.73. The average Bonchev–Trinajstić information content (AvgIpc) is 3.04. The van der Waals surface area contributed by atoms with Crippen LogP contribution in [0.4, 0.5) is 5.69 Å². The highest BCUT2D eigenvalue weighted by atomic mass is 35.5. The Hall–Kier alpha value is -3.38. The number of carbonyl (C=O) groups is 1. The van der Waals surface area contributed by atoms with Crippen molar-refractivity contribution in [2.45, 2.75) is 20.8 Å². The van der Waals surface area contributed by atoms with Gasteiger partial charge < -0.3 is 10.1 Å². The Labute approximate surface area is 179 Å². The quantitative estimate of drug-likeness (QED) is 0.489. The fourth-order valence-corrected chi connectivity index (χ4v) is 3.87. The topological polar surface area (TPSA) is 69.0 Å². The maximum atomic E-state index is 12.9. The SMILES string of the molecule is COc1ccc(-n2nc(C)c3c(Cl)c(C(=O)Nc4cc(C)cc(C)c4)cnc32)cc1. The van der Waals surface area contributed by atoms with Crippen molar-refractivity contribution in [3.8, 4) is 11.4 Å². The standard InChI is InChI=1S/C23H21ClN4O2/c1-13-9-14(2)11-16(10-13)26-23(29)19-12-25-22-20(21(19)24)15(3)27-28(22)17-5-7-18(30-4)8-6-17/h5-12H,1-4H3,(H,26,29). The third-order valence-electron chi connectivity index (χ3n) is 4.85. The van der Waals surface area contributed by atoms with Crippen LogP contribution in [0, 0.1) is 20.8 Å². The number of pyridine rings is 1. The minimum atomic E-state index is -0.309. The fraction of sp³-hybridized carbons (Fsp3) is 0.174. The molecule has 0 aliphatic heterocycles. The Morgan fingerprint density at radius 1 is 1.07 bits per heavy atom. The summed E-state index contributed by atoms with van der Waals surface area (Å²) in [5.41, 5.74) is 5.28. The van der Waals surface area contributed by atoms with Gasteiger partial charge in [-0.3, -0.25) is 4.79 Å². The molecule has 0 bridgehead atoms. The predicted molar refractivity (Wildman–Crippen MR) is 119 cm³/mol. The molecule has 152 valence electrons. The molecule has 2 heterocycles. The third-order valence-corrected chi connectivity index (χ3v) is 5.24. The van der Waals surface area contributed by atoms with Gasteiger partial charge in [0.1, 0.15) is 5.75 Å². The van der Waals surface area contributed by atoms with Crippen LogP contribution in [0.1, 0.15) is 27.2 Å². The Morgan fingerprint density at radius 2 is 1.73 bits per heavy atom. The maximum Gasteiger partial charge on any atom is 0.258 e. The summed E-state index contributed by atoms with van der Waals surface area (Å²) < 4.78 is 6.92. The van der Waals surface area contributed by atoms with Crippen LogP contribution < -0.4 is 10.1 Å². The van der Waals surface area contributed by atoms with E-state index >= 15 is 0 Å². The van der Waals surface area contributed by atoms with E-state index < -0.39 is 0 Å². The highest BCUT2D eigenvalue weighted by molar-refractivity contribution is 6.39. The molecule has 7 heteroatoms. The summed E-state index contributed by atoms with van der Waals surface area (Å²) in [5.74, 6) is 0.444. The number of hydrogen-bond acceptors (Lipinski definition) is 4. The number of fused-ring (bicyclic) bond motifs is 1. The molecule has 30 heavy (non-hydrogen) atoms. The molecule has 0 aliphatic carbocycles. The highest BCUT2D eigenvalue weighted by Gasteiger charge is 2.20. The van der Waals surface area contributed by atoms with Crippen LogP contribution >= 0.6 is 11.6 Å². The first-order valence-electron chi connectivity index (χ1n) is 9.45. The molecule has 2 aromatic heterocycles. The first-order chi connectivity index (χ1) is 14.4. The van der Waals surface area contributed by atoms with E-state index in [9.17, 15) is 4.79 Å². The van der Waals surface area contributed by atoms with Gasteiger partial charge in [-0.1, -0.05) is 17.7 Å². The van der Waals surface area contributed by atoms with E-state index in [2.05, 4.69) is 15.4 Å². The molecule has 1 N–H and O–H groups in total. The van der Waals surface area contributed by atoms with Crippen LogP contribution in [-0.2, 0) is 0 Å². The molecule has 4 rings (SSSR count). The van der Waals surface area contributed by atoms with E-state index in [0.29, 0.717) is 27.3 Å². The molecule has 0 atom stereocenters. The zero-order chi connectivity index (χ0) is 21.4. The Bertz CT molecular complexity index is 1240. The van der Waals surface area contributed by atoms with E-state index in [1.54, 1.807) is 11.8 Å². The number of amides is 1. The lowest BCUT2D eigenvalue weighted by atomic mass is 10.1. The van der Waals surface area contributed by atoms with Crippen molar-refractivity contribution >= 4 is 34.2 Å². The molecule has 4 aromatic rings. The smallest absolute Gasteiger partial charge is 0.258 e. The molecule has 0 aliphatic rings. The van der Waals surface area contributed by atoms with Gasteiger partial charge in [-0.05, 0) is 68.3 Å². The molecule has 0 spiro atoms. The summed E-state index contributed by atoms with van der Waals surface area (Å²) in [6.45, 7) is 5.82. The summed E-state index contributed by atoms with van der Waals surface area (Å²) in [5, 5.41) is 8.48. The van der Waals surface area contributed by atoms with Crippen LogP contribution in [-0.4, -0.2) is 27.8 Å². The summed E-state index contributed by atoms with van der Waals surface area (Å²) in [6.07, 6.45) is 1.49. The largest absolute Gasteiger partial charge is 0.497 e. The molecular weight excluding hydrogens is 400 g/mol. The van der Waals surface area contributed by atoms with Crippen LogP contribution in [0.15, 0.2) is 48.7 Å². The van der Waals surface area contributed by atoms with E-state index in [1.165, 1.54) is 6.20 Å². The number of rotatable bonds is 4. The molecule has 1 amide bonds. The molecule has 0 saturated carbocycles. The number of hydrogen-bond donors (Lipinski definition) is 1. The number of benzene rings is 2. The molecule has 0 radical (unpaired) electrons. The van der Waals surface area contributed by atoms with Crippen molar-refractivity contribution in [2.24, 2.45) is 0 Å². The van der Waals surface area contributed by atoms with Crippen LogP contribution in [0.2, 0.25) is 5.02 Å². The Kier molecular flexibility index (Phi) is 5.18. The fourth-order valence-electron chi connectivity index (χ4n) is 3.52. The van der Waals surface area contributed by atoms with Crippen LogP contribution in [0.5, 0.6) is 5.75 Å². The molecule has 0 fully saturated rings. The van der Waals surface area contributed by atoms with Gasteiger partial charge >= 0.3 is 0 Å².